The van der Waals surface area contributed by atoms with Crippen LogP contribution in [0.25, 0.3) is 0 Å². The molecule has 0 aliphatic carbocycles. The summed E-state index contributed by atoms with van der Waals surface area (Å²) in [6, 6.07) is -0.524. The molecule has 8 nitrogen and oxygen atoms in total. The lowest BCUT2D eigenvalue weighted by Gasteiger charge is -2.28. The van der Waals surface area contributed by atoms with Crippen LogP contribution in [-0.4, -0.2) is 46.9 Å². The monoisotopic (exact) mass is 265 g/mol. The van der Waals surface area contributed by atoms with Crippen molar-refractivity contribution < 1.29 is 14.3 Å². The van der Waals surface area contributed by atoms with E-state index in [1.165, 1.54) is 20.5 Å². The van der Waals surface area contributed by atoms with E-state index in [4.69, 9.17) is 10.5 Å². The molecule has 1 saturated heterocycles. The maximum Gasteiger partial charge on any atom is 0.251 e. The van der Waals surface area contributed by atoms with E-state index in [2.05, 4.69) is 15.3 Å². The van der Waals surface area contributed by atoms with E-state index in [0.717, 1.165) is 4.90 Å². The second kappa shape index (κ2) is 5.09. The van der Waals surface area contributed by atoms with Gasteiger partial charge in [0.05, 0.1) is 7.11 Å². The third kappa shape index (κ3) is 2.42. The van der Waals surface area contributed by atoms with Crippen molar-refractivity contribution in [1.29, 1.82) is 0 Å². The summed E-state index contributed by atoms with van der Waals surface area (Å²) in [5.74, 6) is 0.0858. The lowest BCUT2D eigenvalue weighted by atomic mass is 10.0. The number of nitrogen functional groups attached to an aromatic ring is 1. The van der Waals surface area contributed by atoms with Crippen molar-refractivity contribution in [1.82, 2.24) is 14.9 Å². The zero-order valence-corrected chi connectivity index (χ0v) is 10.7. The fourth-order valence-corrected chi connectivity index (χ4v) is 1.87. The molecule has 8 heteroatoms. The molecule has 1 aromatic rings. The molecule has 1 aliphatic heterocycles. The summed E-state index contributed by atoms with van der Waals surface area (Å²) in [6.07, 6.45) is 2.01. The van der Waals surface area contributed by atoms with Gasteiger partial charge in [-0.1, -0.05) is 0 Å². The first-order chi connectivity index (χ1) is 9.04. The quantitative estimate of drug-likeness (QED) is 0.717. The number of rotatable bonds is 3. The van der Waals surface area contributed by atoms with E-state index in [1.807, 2.05) is 0 Å². The highest BCUT2D eigenvalue weighted by molar-refractivity contribution is 6.01. The topological polar surface area (TPSA) is 110 Å². The largest absolute Gasteiger partial charge is 0.479 e. The fourth-order valence-electron chi connectivity index (χ4n) is 1.87. The first-order valence-corrected chi connectivity index (χ1v) is 5.76. The number of anilines is 2. The molecule has 1 aromatic heterocycles. The Morgan fingerprint density at radius 3 is 2.89 bits per heavy atom. The molecule has 1 unspecified atom stereocenters. The minimum absolute atomic E-state index is 0.184. The number of hydrogen-bond donors (Lipinski definition) is 2. The Balaban J connectivity index is 2.18. The Kier molecular flexibility index (Phi) is 3.50. The molecule has 3 N–H and O–H groups in total. The maximum atomic E-state index is 11.9. The number of likely N-dealkylation sites (N-methyl/N-ethyl adjacent to an activating group) is 1. The van der Waals surface area contributed by atoms with Crippen LogP contribution in [0.3, 0.4) is 0 Å². The fraction of sp³-hybridized carbons (Fsp3) is 0.455. The predicted octanol–water partition coefficient (Wildman–Crippen LogP) is -0.373. The number of methoxy groups -OCH3 is 1. The number of carbonyl (C=O) groups excluding carboxylic acids is 2. The summed E-state index contributed by atoms with van der Waals surface area (Å²) in [5.41, 5.74) is 6.05. The van der Waals surface area contributed by atoms with Crippen LogP contribution in [-0.2, 0) is 9.59 Å². The van der Waals surface area contributed by atoms with Gasteiger partial charge in [0, 0.05) is 13.5 Å². The molecule has 0 bridgehead atoms. The predicted molar refractivity (Wildman–Crippen MR) is 67.4 cm³/mol. The normalized spacial score (nSPS) is 19.5. The third-order valence-electron chi connectivity index (χ3n) is 3.00. The Morgan fingerprint density at radius 1 is 1.47 bits per heavy atom. The van der Waals surface area contributed by atoms with Crippen molar-refractivity contribution in [3.8, 4) is 5.88 Å². The van der Waals surface area contributed by atoms with Crippen LogP contribution in [0.5, 0.6) is 5.88 Å². The van der Waals surface area contributed by atoms with Crippen molar-refractivity contribution in [3.63, 3.8) is 0 Å². The van der Waals surface area contributed by atoms with Crippen LogP contribution in [0.15, 0.2) is 6.33 Å². The van der Waals surface area contributed by atoms with Gasteiger partial charge < -0.3 is 15.8 Å². The van der Waals surface area contributed by atoms with Crippen LogP contribution in [0.1, 0.15) is 12.8 Å². The molecule has 1 atom stereocenters. The number of hydrogen-bond acceptors (Lipinski definition) is 7. The number of carbonyl (C=O) groups is 2. The Labute approximate surface area is 110 Å². The first kappa shape index (κ1) is 13.1. The van der Waals surface area contributed by atoms with Crippen molar-refractivity contribution >= 4 is 23.3 Å². The van der Waals surface area contributed by atoms with Gasteiger partial charge in [-0.2, -0.15) is 4.98 Å². The third-order valence-corrected chi connectivity index (χ3v) is 3.00. The highest BCUT2D eigenvalue weighted by Gasteiger charge is 2.32. The summed E-state index contributed by atoms with van der Waals surface area (Å²) in [4.78, 5) is 32.2. The zero-order valence-electron chi connectivity index (χ0n) is 10.7. The van der Waals surface area contributed by atoms with E-state index in [1.54, 1.807) is 0 Å². The number of nitrogens with one attached hydrogen (secondary N) is 1. The van der Waals surface area contributed by atoms with Gasteiger partial charge in [-0.15, -0.1) is 0 Å². The summed E-state index contributed by atoms with van der Waals surface area (Å²) < 4.78 is 4.97. The van der Waals surface area contributed by atoms with Crippen molar-refractivity contribution in [3.05, 3.63) is 6.33 Å². The van der Waals surface area contributed by atoms with E-state index < -0.39 is 6.04 Å². The van der Waals surface area contributed by atoms with Crippen molar-refractivity contribution in [2.75, 3.05) is 25.2 Å². The average molecular weight is 265 g/mol. The molecule has 0 radical (unpaired) electrons. The second-order valence-corrected chi connectivity index (χ2v) is 4.17. The number of amides is 2. The van der Waals surface area contributed by atoms with Gasteiger partial charge in [-0.05, 0) is 6.42 Å². The molecule has 2 amide bonds. The van der Waals surface area contributed by atoms with Gasteiger partial charge in [0.25, 0.3) is 5.91 Å². The SMILES string of the molecule is COc1ncnc(NC2CCC(=O)N(C)C2=O)c1N. The molecule has 0 aromatic carbocycles. The van der Waals surface area contributed by atoms with Gasteiger partial charge in [-0.3, -0.25) is 14.5 Å². The number of ether oxygens (including phenoxy) is 1. The van der Waals surface area contributed by atoms with Gasteiger partial charge >= 0.3 is 0 Å². The van der Waals surface area contributed by atoms with Crippen LogP contribution in [0.4, 0.5) is 11.5 Å². The lowest BCUT2D eigenvalue weighted by molar-refractivity contribution is -0.146. The summed E-state index contributed by atoms with van der Waals surface area (Å²) in [7, 11) is 2.91. The van der Waals surface area contributed by atoms with E-state index in [0.29, 0.717) is 18.7 Å². The van der Waals surface area contributed by atoms with Gasteiger partial charge in [0.15, 0.2) is 5.82 Å². The van der Waals surface area contributed by atoms with Crippen LogP contribution < -0.4 is 15.8 Å². The first-order valence-electron chi connectivity index (χ1n) is 5.76. The molecule has 19 heavy (non-hydrogen) atoms. The molecule has 2 heterocycles. The summed E-state index contributed by atoms with van der Waals surface area (Å²) >= 11 is 0. The minimum atomic E-state index is -0.524. The van der Waals surface area contributed by atoms with Crippen LogP contribution in [0, 0.1) is 0 Å². The molecule has 102 valence electrons. The molecule has 0 spiro atoms. The Bertz CT molecular complexity index is 519. The molecule has 2 rings (SSSR count). The molecular formula is C11H15N5O3. The van der Waals surface area contributed by atoms with Crippen LogP contribution >= 0.6 is 0 Å². The highest BCUT2D eigenvalue weighted by atomic mass is 16.5. The van der Waals surface area contributed by atoms with E-state index >= 15 is 0 Å². The standard InChI is InChI=1S/C11H15N5O3/c1-16-7(17)4-3-6(11(16)18)15-9-8(12)10(19-2)14-5-13-9/h5-6H,3-4,12H2,1-2H3,(H,13,14,15). The number of aromatic nitrogens is 2. The van der Waals surface area contributed by atoms with Gasteiger partial charge in [-0.25, -0.2) is 4.98 Å². The minimum Gasteiger partial charge on any atom is -0.479 e. The number of imide groups is 1. The lowest BCUT2D eigenvalue weighted by Crippen LogP contribution is -2.48. The molecular weight excluding hydrogens is 250 g/mol. The average Bonchev–Trinajstić information content (AvgIpc) is 2.41. The van der Waals surface area contributed by atoms with Crippen molar-refractivity contribution in [2.24, 2.45) is 0 Å². The Morgan fingerprint density at radius 2 is 2.21 bits per heavy atom. The van der Waals surface area contributed by atoms with E-state index in [9.17, 15) is 9.59 Å². The maximum absolute atomic E-state index is 11.9. The number of nitrogens with zero attached hydrogens (tertiary/aromatic N) is 3. The van der Waals surface area contributed by atoms with Crippen molar-refractivity contribution in [2.45, 2.75) is 18.9 Å². The molecule has 1 fully saturated rings. The number of piperidine rings is 1. The molecule has 0 saturated carbocycles. The number of nitrogens with two attached hydrogens (primary N) is 1. The second-order valence-electron chi connectivity index (χ2n) is 4.17. The number of likely N-dealkylation sites (tertiary alicyclic amines) is 1. The summed E-state index contributed by atoms with van der Waals surface area (Å²) in [5, 5.41) is 2.93. The zero-order chi connectivity index (χ0) is 14.0. The summed E-state index contributed by atoms with van der Waals surface area (Å²) in [6.45, 7) is 0. The highest BCUT2D eigenvalue weighted by Crippen LogP contribution is 2.26. The van der Waals surface area contributed by atoms with Gasteiger partial charge in [0.2, 0.25) is 11.8 Å². The smallest absolute Gasteiger partial charge is 0.251 e. The molecule has 1 aliphatic rings. The van der Waals surface area contributed by atoms with Gasteiger partial charge in [0.1, 0.15) is 18.1 Å². The van der Waals surface area contributed by atoms with Crippen LogP contribution in [0.2, 0.25) is 0 Å². The van der Waals surface area contributed by atoms with E-state index in [-0.39, 0.29) is 23.4 Å². The Hall–Kier alpha value is -2.38.